The van der Waals surface area contributed by atoms with E-state index in [0.717, 1.165) is 35.9 Å². The molecular formula is C17H23N5OS. The first kappa shape index (κ1) is 17.0. The Morgan fingerprint density at radius 2 is 2.00 bits per heavy atom. The molecule has 0 saturated heterocycles. The number of nitrogens with zero attached hydrogens (tertiary/aromatic N) is 4. The second kappa shape index (κ2) is 8.28. The van der Waals surface area contributed by atoms with E-state index in [1.807, 2.05) is 16.7 Å². The molecule has 0 aliphatic heterocycles. The minimum atomic E-state index is 0.0861. The van der Waals surface area contributed by atoms with Crippen LogP contribution in [0.2, 0.25) is 0 Å². The van der Waals surface area contributed by atoms with E-state index in [2.05, 4.69) is 27.4 Å². The molecule has 24 heavy (non-hydrogen) atoms. The summed E-state index contributed by atoms with van der Waals surface area (Å²) in [5, 5.41) is 12.5. The van der Waals surface area contributed by atoms with Crippen LogP contribution in [0.4, 0.5) is 0 Å². The summed E-state index contributed by atoms with van der Waals surface area (Å²) in [6, 6.07) is 4.18. The van der Waals surface area contributed by atoms with E-state index in [9.17, 15) is 4.79 Å². The van der Waals surface area contributed by atoms with Crippen molar-refractivity contribution in [2.75, 3.05) is 5.75 Å². The molecule has 1 aliphatic carbocycles. The lowest BCUT2D eigenvalue weighted by Crippen LogP contribution is -2.37. The molecule has 1 N–H and O–H groups in total. The standard InChI is InChI=1S/C17H23N5OS/c1-2-22-16(13-8-10-18-11-9-13)20-21-17(22)24-12-15(23)19-14-6-4-3-5-7-14/h8-11,14H,2-7,12H2,1H3,(H,19,23). The summed E-state index contributed by atoms with van der Waals surface area (Å²) in [6.07, 6.45) is 9.43. The fourth-order valence-corrected chi connectivity index (χ4v) is 3.85. The molecule has 0 spiro atoms. The number of hydrogen-bond acceptors (Lipinski definition) is 5. The van der Waals surface area contributed by atoms with Crippen molar-refractivity contribution < 1.29 is 4.79 Å². The molecule has 3 rings (SSSR count). The van der Waals surface area contributed by atoms with Crippen molar-refractivity contribution in [3.8, 4) is 11.4 Å². The Bertz CT molecular complexity index is 667. The maximum Gasteiger partial charge on any atom is 0.230 e. The quantitative estimate of drug-likeness (QED) is 0.815. The third kappa shape index (κ3) is 4.14. The van der Waals surface area contributed by atoms with Crippen LogP contribution >= 0.6 is 11.8 Å². The number of amides is 1. The first-order chi connectivity index (χ1) is 11.8. The van der Waals surface area contributed by atoms with E-state index in [-0.39, 0.29) is 5.91 Å². The van der Waals surface area contributed by atoms with Gasteiger partial charge in [0.2, 0.25) is 5.91 Å². The van der Waals surface area contributed by atoms with Crippen LogP contribution in [0.3, 0.4) is 0 Å². The van der Waals surface area contributed by atoms with E-state index >= 15 is 0 Å². The Balaban J connectivity index is 1.61. The predicted molar refractivity (Wildman–Crippen MR) is 94.7 cm³/mol. The van der Waals surface area contributed by atoms with E-state index in [1.54, 1.807) is 12.4 Å². The van der Waals surface area contributed by atoms with Crippen molar-refractivity contribution in [2.45, 2.75) is 56.8 Å². The van der Waals surface area contributed by atoms with Gasteiger partial charge in [-0.15, -0.1) is 10.2 Å². The van der Waals surface area contributed by atoms with Gasteiger partial charge in [0.15, 0.2) is 11.0 Å². The van der Waals surface area contributed by atoms with Gasteiger partial charge in [-0.1, -0.05) is 31.0 Å². The summed E-state index contributed by atoms with van der Waals surface area (Å²) in [4.78, 5) is 16.2. The van der Waals surface area contributed by atoms with Crippen LogP contribution in [0.15, 0.2) is 29.7 Å². The van der Waals surface area contributed by atoms with Crippen LogP contribution in [0.5, 0.6) is 0 Å². The predicted octanol–water partition coefficient (Wildman–Crippen LogP) is 2.90. The number of pyridine rings is 1. The van der Waals surface area contributed by atoms with E-state index < -0.39 is 0 Å². The molecule has 0 bridgehead atoms. The number of carbonyl (C=O) groups excluding carboxylic acids is 1. The van der Waals surface area contributed by atoms with Gasteiger partial charge >= 0.3 is 0 Å². The van der Waals surface area contributed by atoms with Gasteiger partial charge < -0.3 is 9.88 Å². The molecule has 2 aromatic rings. The van der Waals surface area contributed by atoms with Gasteiger partial charge in [-0.3, -0.25) is 9.78 Å². The second-order valence-electron chi connectivity index (χ2n) is 5.98. The molecule has 0 atom stereocenters. The first-order valence-corrected chi connectivity index (χ1v) is 9.52. The highest BCUT2D eigenvalue weighted by atomic mass is 32.2. The molecule has 0 radical (unpaired) electrons. The van der Waals surface area contributed by atoms with Crippen LogP contribution in [-0.4, -0.2) is 37.5 Å². The Morgan fingerprint density at radius 3 is 2.71 bits per heavy atom. The van der Waals surface area contributed by atoms with Crippen LogP contribution in [-0.2, 0) is 11.3 Å². The number of carbonyl (C=O) groups is 1. The Morgan fingerprint density at radius 1 is 1.25 bits per heavy atom. The molecule has 2 aromatic heterocycles. The Hall–Kier alpha value is -1.89. The topological polar surface area (TPSA) is 72.7 Å². The third-order valence-electron chi connectivity index (χ3n) is 4.27. The highest BCUT2D eigenvalue weighted by molar-refractivity contribution is 7.99. The van der Waals surface area contributed by atoms with Crippen molar-refractivity contribution in [3.05, 3.63) is 24.5 Å². The molecule has 1 amide bonds. The number of thioether (sulfide) groups is 1. The molecule has 1 fully saturated rings. The van der Waals surface area contributed by atoms with Crippen LogP contribution in [0.25, 0.3) is 11.4 Å². The van der Waals surface area contributed by atoms with Crippen molar-refractivity contribution in [2.24, 2.45) is 0 Å². The molecule has 0 unspecified atom stereocenters. The highest BCUT2D eigenvalue weighted by Crippen LogP contribution is 2.23. The van der Waals surface area contributed by atoms with Gasteiger partial charge in [0.05, 0.1) is 5.75 Å². The van der Waals surface area contributed by atoms with Gasteiger partial charge in [0.1, 0.15) is 0 Å². The molecule has 2 heterocycles. The highest BCUT2D eigenvalue weighted by Gasteiger charge is 2.18. The minimum absolute atomic E-state index is 0.0861. The summed E-state index contributed by atoms with van der Waals surface area (Å²) in [6.45, 7) is 2.82. The zero-order valence-corrected chi connectivity index (χ0v) is 14.8. The molecule has 128 valence electrons. The molecule has 0 aromatic carbocycles. The van der Waals surface area contributed by atoms with Crippen molar-refractivity contribution in [3.63, 3.8) is 0 Å². The Kier molecular flexibility index (Phi) is 5.85. The summed E-state index contributed by atoms with van der Waals surface area (Å²) in [7, 11) is 0. The van der Waals surface area contributed by atoms with Gasteiger partial charge in [-0.25, -0.2) is 0 Å². The molecule has 1 saturated carbocycles. The lowest BCUT2D eigenvalue weighted by atomic mass is 9.95. The summed E-state index contributed by atoms with van der Waals surface area (Å²) < 4.78 is 2.04. The van der Waals surface area contributed by atoms with Gasteiger partial charge in [0.25, 0.3) is 0 Å². The largest absolute Gasteiger partial charge is 0.353 e. The molecule has 1 aliphatic rings. The number of aromatic nitrogens is 4. The van der Waals surface area contributed by atoms with E-state index in [1.165, 1.54) is 31.0 Å². The smallest absolute Gasteiger partial charge is 0.230 e. The molecule has 6 nitrogen and oxygen atoms in total. The average molecular weight is 345 g/mol. The van der Waals surface area contributed by atoms with Crippen LogP contribution in [0, 0.1) is 0 Å². The zero-order chi connectivity index (χ0) is 16.8. The lowest BCUT2D eigenvalue weighted by Gasteiger charge is -2.22. The molecular weight excluding hydrogens is 322 g/mol. The maximum atomic E-state index is 12.2. The summed E-state index contributed by atoms with van der Waals surface area (Å²) in [5.41, 5.74) is 0.984. The van der Waals surface area contributed by atoms with E-state index in [0.29, 0.717) is 11.8 Å². The molecule has 7 heteroatoms. The summed E-state index contributed by atoms with van der Waals surface area (Å²) >= 11 is 1.45. The first-order valence-electron chi connectivity index (χ1n) is 8.53. The number of rotatable bonds is 6. The number of nitrogens with one attached hydrogen (secondary N) is 1. The van der Waals surface area contributed by atoms with Gasteiger partial charge in [0, 0.05) is 30.5 Å². The fourth-order valence-electron chi connectivity index (χ4n) is 3.04. The normalized spacial score (nSPS) is 15.4. The van der Waals surface area contributed by atoms with Gasteiger partial charge in [-0.2, -0.15) is 0 Å². The van der Waals surface area contributed by atoms with Crippen LogP contribution in [0.1, 0.15) is 39.0 Å². The van der Waals surface area contributed by atoms with E-state index in [4.69, 9.17) is 0 Å². The van der Waals surface area contributed by atoms with Crippen LogP contribution < -0.4 is 5.32 Å². The van der Waals surface area contributed by atoms with Crippen molar-refractivity contribution in [1.82, 2.24) is 25.1 Å². The Labute approximate surface area is 146 Å². The monoisotopic (exact) mass is 345 g/mol. The third-order valence-corrected chi connectivity index (χ3v) is 5.24. The zero-order valence-electron chi connectivity index (χ0n) is 13.9. The second-order valence-corrected chi connectivity index (χ2v) is 6.92. The average Bonchev–Trinajstić information content (AvgIpc) is 3.04. The van der Waals surface area contributed by atoms with Crippen molar-refractivity contribution in [1.29, 1.82) is 0 Å². The SMILES string of the molecule is CCn1c(SCC(=O)NC2CCCCC2)nnc1-c1ccncc1. The number of hydrogen-bond donors (Lipinski definition) is 1. The van der Waals surface area contributed by atoms with Crippen molar-refractivity contribution >= 4 is 17.7 Å². The van der Waals surface area contributed by atoms with Gasteiger partial charge in [-0.05, 0) is 31.9 Å². The summed E-state index contributed by atoms with van der Waals surface area (Å²) in [5.74, 6) is 1.28. The fraction of sp³-hybridized carbons (Fsp3) is 0.529. The minimum Gasteiger partial charge on any atom is -0.353 e. The maximum absolute atomic E-state index is 12.2. The lowest BCUT2D eigenvalue weighted by molar-refractivity contribution is -0.119.